The number of rotatable bonds is 3. The standard InChI is InChI=1S/C18H25N3O4/c1-18(2,3)25-17(22)21-9-4-14(12-21)24-16-15(19-7-8-20-16)13-5-10-23-11-6-13/h5,7-8,14H,4,6,9-12H2,1-3H3. The van der Waals surface area contributed by atoms with E-state index >= 15 is 0 Å². The van der Waals surface area contributed by atoms with Crippen molar-refractivity contribution in [2.75, 3.05) is 26.3 Å². The Morgan fingerprint density at radius 1 is 1.32 bits per heavy atom. The molecule has 0 radical (unpaired) electrons. The Labute approximate surface area is 148 Å². The summed E-state index contributed by atoms with van der Waals surface area (Å²) in [6.45, 7) is 7.96. The van der Waals surface area contributed by atoms with Gasteiger partial charge in [-0.15, -0.1) is 0 Å². The maximum absolute atomic E-state index is 12.2. The highest BCUT2D eigenvalue weighted by atomic mass is 16.6. The topological polar surface area (TPSA) is 73.8 Å². The van der Waals surface area contributed by atoms with Crippen molar-refractivity contribution in [1.82, 2.24) is 14.9 Å². The molecular formula is C18H25N3O4. The van der Waals surface area contributed by atoms with E-state index in [4.69, 9.17) is 14.2 Å². The van der Waals surface area contributed by atoms with Crippen LogP contribution >= 0.6 is 0 Å². The van der Waals surface area contributed by atoms with Crippen LogP contribution in [-0.2, 0) is 9.47 Å². The normalized spacial score (nSPS) is 21.0. The third-order valence-corrected chi connectivity index (χ3v) is 4.01. The van der Waals surface area contributed by atoms with Crippen molar-refractivity contribution in [3.05, 3.63) is 24.2 Å². The quantitative estimate of drug-likeness (QED) is 0.837. The molecule has 3 heterocycles. The van der Waals surface area contributed by atoms with Crippen molar-refractivity contribution < 1.29 is 19.0 Å². The molecule has 1 fully saturated rings. The maximum Gasteiger partial charge on any atom is 0.410 e. The fourth-order valence-electron chi connectivity index (χ4n) is 2.85. The number of amides is 1. The van der Waals surface area contributed by atoms with Gasteiger partial charge in [0.2, 0.25) is 5.88 Å². The first-order valence-electron chi connectivity index (χ1n) is 8.65. The number of hydrogen-bond donors (Lipinski definition) is 0. The Morgan fingerprint density at radius 2 is 2.12 bits per heavy atom. The first-order chi connectivity index (χ1) is 11.9. The summed E-state index contributed by atoms with van der Waals surface area (Å²) in [4.78, 5) is 22.6. The summed E-state index contributed by atoms with van der Waals surface area (Å²) in [5, 5.41) is 0. The summed E-state index contributed by atoms with van der Waals surface area (Å²) in [5.41, 5.74) is 1.36. The van der Waals surface area contributed by atoms with Crippen LogP contribution in [0.15, 0.2) is 18.5 Å². The highest BCUT2D eigenvalue weighted by Gasteiger charge is 2.31. The van der Waals surface area contributed by atoms with Crippen LogP contribution in [0.5, 0.6) is 5.88 Å². The molecule has 0 aromatic carbocycles. The fraction of sp³-hybridized carbons (Fsp3) is 0.611. The minimum absolute atomic E-state index is 0.108. The summed E-state index contributed by atoms with van der Waals surface area (Å²) < 4.78 is 16.8. The van der Waals surface area contributed by atoms with Crippen LogP contribution in [0, 0.1) is 0 Å². The second-order valence-electron chi connectivity index (χ2n) is 7.22. The molecule has 2 aliphatic rings. The number of carbonyl (C=O) groups excluding carboxylic acids is 1. The number of aromatic nitrogens is 2. The van der Waals surface area contributed by atoms with Crippen LogP contribution < -0.4 is 4.74 Å². The fourth-order valence-corrected chi connectivity index (χ4v) is 2.85. The van der Waals surface area contributed by atoms with Crippen LogP contribution in [0.25, 0.3) is 5.57 Å². The van der Waals surface area contributed by atoms with Gasteiger partial charge in [0.15, 0.2) is 0 Å². The Balaban J connectivity index is 1.64. The van der Waals surface area contributed by atoms with E-state index in [1.807, 2.05) is 26.8 Å². The van der Waals surface area contributed by atoms with Crippen molar-refractivity contribution in [3.63, 3.8) is 0 Å². The third kappa shape index (κ3) is 4.69. The lowest BCUT2D eigenvalue weighted by molar-refractivity contribution is 0.0274. The molecule has 0 aliphatic carbocycles. The van der Waals surface area contributed by atoms with E-state index in [9.17, 15) is 4.79 Å². The number of ether oxygens (including phenoxy) is 3. The molecule has 25 heavy (non-hydrogen) atoms. The van der Waals surface area contributed by atoms with E-state index in [-0.39, 0.29) is 12.2 Å². The summed E-state index contributed by atoms with van der Waals surface area (Å²) in [7, 11) is 0. The molecule has 3 rings (SSSR count). The summed E-state index contributed by atoms with van der Waals surface area (Å²) >= 11 is 0. The van der Waals surface area contributed by atoms with E-state index in [1.54, 1.807) is 17.3 Å². The van der Waals surface area contributed by atoms with Crippen molar-refractivity contribution in [2.24, 2.45) is 0 Å². The maximum atomic E-state index is 12.2. The molecule has 1 saturated heterocycles. The Morgan fingerprint density at radius 3 is 2.84 bits per heavy atom. The van der Waals surface area contributed by atoms with E-state index in [2.05, 4.69) is 9.97 Å². The summed E-state index contributed by atoms with van der Waals surface area (Å²) in [6.07, 6.45) is 6.44. The van der Waals surface area contributed by atoms with E-state index < -0.39 is 5.60 Å². The van der Waals surface area contributed by atoms with Crippen molar-refractivity contribution in [3.8, 4) is 5.88 Å². The highest BCUT2D eigenvalue weighted by Crippen LogP contribution is 2.28. The molecule has 1 aromatic heterocycles. The Hall–Kier alpha value is -2.15. The van der Waals surface area contributed by atoms with Gasteiger partial charge in [0.05, 0.1) is 19.8 Å². The number of nitrogens with zero attached hydrogens (tertiary/aromatic N) is 3. The van der Waals surface area contributed by atoms with Gasteiger partial charge in [0.25, 0.3) is 0 Å². The molecule has 2 aliphatic heterocycles. The number of hydrogen-bond acceptors (Lipinski definition) is 6. The molecule has 1 amide bonds. The third-order valence-electron chi connectivity index (χ3n) is 4.01. The van der Waals surface area contributed by atoms with Crippen molar-refractivity contribution in [2.45, 2.75) is 45.3 Å². The van der Waals surface area contributed by atoms with Gasteiger partial charge in [-0.25, -0.2) is 14.8 Å². The van der Waals surface area contributed by atoms with Gasteiger partial charge in [0, 0.05) is 25.4 Å². The average molecular weight is 347 g/mol. The van der Waals surface area contributed by atoms with E-state index in [0.29, 0.717) is 32.2 Å². The smallest absolute Gasteiger partial charge is 0.410 e. The highest BCUT2D eigenvalue weighted by molar-refractivity contribution is 5.68. The molecule has 136 valence electrons. The van der Waals surface area contributed by atoms with Crippen LogP contribution in [-0.4, -0.2) is 59.0 Å². The zero-order valence-corrected chi connectivity index (χ0v) is 15.0. The van der Waals surface area contributed by atoms with Crippen molar-refractivity contribution in [1.29, 1.82) is 0 Å². The molecule has 1 unspecified atom stereocenters. The minimum Gasteiger partial charge on any atom is -0.471 e. The zero-order valence-electron chi connectivity index (χ0n) is 15.0. The largest absolute Gasteiger partial charge is 0.471 e. The summed E-state index contributed by atoms with van der Waals surface area (Å²) in [5.74, 6) is 0.520. The predicted octanol–water partition coefficient (Wildman–Crippen LogP) is 2.67. The van der Waals surface area contributed by atoms with E-state index in [0.717, 1.165) is 24.1 Å². The lowest BCUT2D eigenvalue weighted by Crippen LogP contribution is -2.36. The SMILES string of the molecule is CC(C)(C)OC(=O)N1CCC(Oc2nccnc2C2=CCOCC2)C1. The lowest BCUT2D eigenvalue weighted by atomic mass is 10.1. The molecule has 0 N–H and O–H groups in total. The van der Waals surface area contributed by atoms with Crippen LogP contribution in [0.3, 0.4) is 0 Å². The average Bonchev–Trinajstić information content (AvgIpc) is 3.03. The minimum atomic E-state index is -0.496. The second kappa shape index (κ2) is 7.39. The van der Waals surface area contributed by atoms with Gasteiger partial charge in [0.1, 0.15) is 17.4 Å². The molecule has 7 nitrogen and oxygen atoms in total. The number of likely N-dealkylation sites (tertiary alicyclic amines) is 1. The first kappa shape index (κ1) is 17.7. The predicted molar refractivity (Wildman–Crippen MR) is 92.3 cm³/mol. The Bertz CT molecular complexity index is 654. The van der Waals surface area contributed by atoms with Gasteiger partial charge in [-0.2, -0.15) is 0 Å². The molecule has 1 atom stereocenters. The van der Waals surface area contributed by atoms with Gasteiger partial charge in [-0.1, -0.05) is 6.08 Å². The zero-order chi connectivity index (χ0) is 17.9. The van der Waals surface area contributed by atoms with Crippen molar-refractivity contribution >= 4 is 11.7 Å². The molecule has 0 bridgehead atoms. The van der Waals surface area contributed by atoms with Gasteiger partial charge >= 0.3 is 6.09 Å². The van der Waals surface area contributed by atoms with Gasteiger partial charge in [-0.05, 0) is 32.8 Å². The first-order valence-corrected chi connectivity index (χ1v) is 8.65. The van der Waals surface area contributed by atoms with Crippen LogP contribution in [0.1, 0.15) is 39.3 Å². The molecule has 0 spiro atoms. The van der Waals surface area contributed by atoms with E-state index in [1.165, 1.54) is 0 Å². The molecule has 7 heteroatoms. The lowest BCUT2D eigenvalue weighted by Gasteiger charge is -2.24. The molecule has 1 aromatic rings. The second-order valence-corrected chi connectivity index (χ2v) is 7.22. The molecule has 0 saturated carbocycles. The van der Waals surface area contributed by atoms with Crippen LogP contribution in [0.2, 0.25) is 0 Å². The Kier molecular flexibility index (Phi) is 5.22. The van der Waals surface area contributed by atoms with Crippen LogP contribution in [0.4, 0.5) is 4.79 Å². The van der Waals surface area contributed by atoms with Gasteiger partial charge < -0.3 is 19.1 Å². The summed E-state index contributed by atoms with van der Waals surface area (Å²) in [6, 6.07) is 0. The number of carbonyl (C=O) groups is 1. The van der Waals surface area contributed by atoms with Gasteiger partial charge in [-0.3, -0.25) is 0 Å². The molecular weight excluding hydrogens is 322 g/mol. The monoisotopic (exact) mass is 347 g/mol.